The Hall–Kier alpha value is -2.30. The molecule has 3 nitrogen and oxygen atoms in total. The van der Waals surface area contributed by atoms with Crippen LogP contribution < -0.4 is 5.46 Å². The lowest BCUT2D eigenvalue weighted by molar-refractivity contribution is 0.426. The lowest BCUT2D eigenvalue weighted by Gasteiger charge is -2.05. The van der Waals surface area contributed by atoms with Gasteiger partial charge in [-0.3, -0.25) is 0 Å². The van der Waals surface area contributed by atoms with E-state index in [-0.39, 0.29) is 0 Å². The van der Waals surface area contributed by atoms with Gasteiger partial charge in [0.2, 0.25) is 0 Å². The van der Waals surface area contributed by atoms with Crippen LogP contribution in [0.1, 0.15) is 0 Å². The van der Waals surface area contributed by atoms with E-state index in [4.69, 9.17) is 4.42 Å². The van der Waals surface area contributed by atoms with Crippen LogP contribution in [0.25, 0.3) is 32.7 Å². The molecule has 1 heterocycles. The first-order valence-electron chi connectivity index (χ1n) is 6.45. The highest BCUT2D eigenvalue weighted by Crippen LogP contribution is 2.33. The topological polar surface area (TPSA) is 53.6 Å². The van der Waals surface area contributed by atoms with Crippen LogP contribution in [0, 0.1) is 0 Å². The SMILES string of the molecule is OB(O)c1cccc2c1ccc1c3ccccc3oc21. The predicted octanol–water partition coefficient (Wildman–Crippen LogP) is 2.42. The molecule has 0 aliphatic heterocycles. The fourth-order valence-corrected chi connectivity index (χ4v) is 2.79. The highest BCUT2D eigenvalue weighted by atomic mass is 16.4. The summed E-state index contributed by atoms with van der Waals surface area (Å²) in [6.45, 7) is 0. The Bertz CT molecular complexity index is 940. The van der Waals surface area contributed by atoms with Gasteiger partial charge in [-0.2, -0.15) is 0 Å². The van der Waals surface area contributed by atoms with Gasteiger partial charge < -0.3 is 14.5 Å². The van der Waals surface area contributed by atoms with Gasteiger partial charge in [0.25, 0.3) is 0 Å². The molecule has 4 heteroatoms. The van der Waals surface area contributed by atoms with E-state index in [2.05, 4.69) is 0 Å². The maximum Gasteiger partial charge on any atom is 0.489 e. The third kappa shape index (κ3) is 1.49. The molecule has 4 rings (SSSR count). The van der Waals surface area contributed by atoms with E-state index < -0.39 is 7.12 Å². The summed E-state index contributed by atoms with van der Waals surface area (Å²) in [5.74, 6) is 0. The normalized spacial score (nSPS) is 11.5. The van der Waals surface area contributed by atoms with Crippen LogP contribution in [-0.2, 0) is 0 Å². The number of furan rings is 1. The summed E-state index contributed by atoms with van der Waals surface area (Å²) in [6.07, 6.45) is 0. The molecule has 0 radical (unpaired) electrons. The third-order valence-corrected chi connectivity index (χ3v) is 3.71. The van der Waals surface area contributed by atoms with Crippen LogP contribution in [0.4, 0.5) is 0 Å². The molecule has 0 bridgehead atoms. The first-order chi connectivity index (χ1) is 9.75. The van der Waals surface area contributed by atoms with Crippen LogP contribution >= 0.6 is 0 Å². The van der Waals surface area contributed by atoms with Crippen molar-refractivity contribution in [2.45, 2.75) is 0 Å². The molecule has 3 aromatic carbocycles. The standard InChI is InChI=1S/C16H11BO3/c18-17(19)14-6-3-5-12-10(14)8-9-13-11-4-1-2-7-15(11)20-16(12)13/h1-9,18-19H. The number of para-hydroxylation sites is 1. The minimum absolute atomic E-state index is 0.491. The Labute approximate surface area is 115 Å². The zero-order valence-corrected chi connectivity index (χ0v) is 10.6. The summed E-state index contributed by atoms with van der Waals surface area (Å²) in [7, 11) is -1.49. The molecular formula is C16H11BO3. The van der Waals surface area contributed by atoms with Gasteiger partial charge in [-0.05, 0) is 23.0 Å². The van der Waals surface area contributed by atoms with E-state index >= 15 is 0 Å². The maximum absolute atomic E-state index is 9.46. The molecule has 0 saturated heterocycles. The fourth-order valence-electron chi connectivity index (χ4n) is 2.79. The van der Waals surface area contributed by atoms with Crippen molar-refractivity contribution in [3.05, 3.63) is 54.6 Å². The van der Waals surface area contributed by atoms with Gasteiger partial charge in [0.1, 0.15) is 11.2 Å². The van der Waals surface area contributed by atoms with E-state index in [1.807, 2.05) is 48.5 Å². The minimum atomic E-state index is -1.49. The molecule has 0 amide bonds. The van der Waals surface area contributed by atoms with Crippen LogP contribution in [0.5, 0.6) is 0 Å². The quantitative estimate of drug-likeness (QED) is 0.518. The Morgan fingerprint density at radius 3 is 2.25 bits per heavy atom. The summed E-state index contributed by atoms with van der Waals surface area (Å²) in [4.78, 5) is 0. The van der Waals surface area contributed by atoms with E-state index in [1.165, 1.54) is 0 Å². The Balaban J connectivity index is 2.22. The molecule has 4 aromatic rings. The van der Waals surface area contributed by atoms with Gasteiger partial charge in [-0.15, -0.1) is 0 Å². The molecule has 96 valence electrons. The summed E-state index contributed by atoms with van der Waals surface area (Å²) in [5, 5.41) is 22.7. The van der Waals surface area contributed by atoms with Gasteiger partial charge >= 0.3 is 7.12 Å². The van der Waals surface area contributed by atoms with Crippen molar-refractivity contribution < 1.29 is 14.5 Å². The van der Waals surface area contributed by atoms with E-state index in [0.29, 0.717) is 5.46 Å². The zero-order chi connectivity index (χ0) is 13.7. The minimum Gasteiger partial charge on any atom is -0.455 e. The van der Waals surface area contributed by atoms with Gasteiger partial charge in [0.05, 0.1) is 0 Å². The van der Waals surface area contributed by atoms with Crippen molar-refractivity contribution in [2.75, 3.05) is 0 Å². The second-order valence-corrected chi connectivity index (χ2v) is 4.86. The molecule has 0 spiro atoms. The largest absolute Gasteiger partial charge is 0.489 e. The summed E-state index contributed by atoms with van der Waals surface area (Å²) >= 11 is 0. The summed E-state index contributed by atoms with van der Waals surface area (Å²) in [5.41, 5.74) is 2.11. The molecule has 0 unspecified atom stereocenters. The molecule has 0 aliphatic carbocycles. The maximum atomic E-state index is 9.46. The molecule has 1 aromatic heterocycles. The van der Waals surface area contributed by atoms with Crippen molar-refractivity contribution in [1.82, 2.24) is 0 Å². The second kappa shape index (κ2) is 4.10. The van der Waals surface area contributed by atoms with Gasteiger partial charge in [-0.1, -0.05) is 42.5 Å². The fraction of sp³-hybridized carbons (Fsp3) is 0. The number of hydrogen-bond acceptors (Lipinski definition) is 3. The highest BCUT2D eigenvalue weighted by Gasteiger charge is 2.17. The average molecular weight is 262 g/mol. The molecule has 0 fully saturated rings. The first-order valence-corrected chi connectivity index (χ1v) is 6.45. The van der Waals surface area contributed by atoms with Crippen molar-refractivity contribution in [2.24, 2.45) is 0 Å². The smallest absolute Gasteiger partial charge is 0.455 e. The molecule has 0 atom stereocenters. The lowest BCUT2D eigenvalue weighted by Crippen LogP contribution is -2.30. The van der Waals surface area contributed by atoms with Crippen molar-refractivity contribution >= 4 is 45.3 Å². The van der Waals surface area contributed by atoms with Crippen LogP contribution in [0.15, 0.2) is 59.0 Å². The molecule has 20 heavy (non-hydrogen) atoms. The van der Waals surface area contributed by atoms with Gasteiger partial charge in [0, 0.05) is 16.2 Å². The Morgan fingerprint density at radius 1 is 0.700 bits per heavy atom. The van der Waals surface area contributed by atoms with Gasteiger partial charge in [-0.25, -0.2) is 0 Å². The Morgan fingerprint density at radius 2 is 1.40 bits per heavy atom. The predicted molar refractivity (Wildman–Crippen MR) is 81.1 cm³/mol. The number of rotatable bonds is 1. The number of hydrogen-bond donors (Lipinski definition) is 2. The van der Waals surface area contributed by atoms with E-state index in [1.54, 1.807) is 6.07 Å². The molecule has 2 N–H and O–H groups in total. The van der Waals surface area contributed by atoms with Crippen LogP contribution in [-0.4, -0.2) is 17.2 Å². The average Bonchev–Trinajstić information content (AvgIpc) is 2.85. The monoisotopic (exact) mass is 262 g/mol. The lowest BCUT2D eigenvalue weighted by atomic mass is 9.77. The second-order valence-electron chi connectivity index (χ2n) is 4.86. The van der Waals surface area contributed by atoms with Gasteiger partial charge in [0.15, 0.2) is 0 Å². The molecule has 0 saturated carbocycles. The number of fused-ring (bicyclic) bond motifs is 5. The highest BCUT2D eigenvalue weighted by molar-refractivity contribution is 6.62. The van der Waals surface area contributed by atoms with Crippen LogP contribution in [0.3, 0.4) is 0 Å². The Kier molecular flexibility index (Phi) is 2.36. The van der Waals surface area contributed by atoms with E-state index in [9.17, 15) is 10.0 Å². The van der Waals surface area contributed by atoms with Crippen molar-refractivity contribution in [3.8, 4) is 0 Å². The molecular weight excluding hydrogens is 251 g/mol. The van der Waals surface area contributed by atoms with Crippen molar-refractivity contribution in [1.29, 1.82) is 0 Å². The van der Waals surface area contributed by atoms with E-state index in [0.717, 1.165) is 32.7 Å². The van der Waals surface area contributed by atoms with Crippen LogP contribution in [0.2, 0.25) is 0 Å². The summed E-state index contributed by atoms with van der Waals surface area (Å²) in [6, 6.07) is 17.2. The third-order valence-electron chi connectivity index (χ3n) is 3.71. The first kappa shape index (κ1) is 11.5. The zero-order valence-electron chi connectivity index (χ0n) is 10.6. The summed E-state index contributed by atoms with van der Waals surface area (Å²) < 4.78 is 5.94. The van der Waals surface area contributed by atoms with Crippen molar-refractivity contribution in [3.63, 3.8) is 0 Å². The number of benzene rings is 3. The molecule has 0 aliphatic rings.